The molecule has 1 N–H and O–H groups in total. The van der Waals surface area contributed by atoms with E-state index in [0.29, 0.717) is 31.0 Å². The van der Waals surface area contributed by atoms with Crippen LogP contribution in [-0.2, 0) is 14.6 Å². The van der Waals surface area contributed by atoms with Crippen LogP contribution in [0, 0.1) is 0 Å². The Kier molecular flexibility index (Phi) is 6.43. The van der Waals surface area contributed by atoms with Crippen molar-refractivity contribution in [3.05, 3.63) is 30.6 Å². The molecule has 2 aromatic heterocycles. The van der Waals surface area contributed by atoms with Crippen LogP contribution in [0.1, 0.15) is 13.3 Å². The number of hydrogen-bond acceptors (Lipinski definition) is 9. The minimum absolute atomic E-state index is 0.0623. The number of hydrogen-bond donors (Lipinski definition) is 1. The van der Waals surface area contributed by atoms with Crippen molar-refractivity contribution in [1.82, 2.24) is 15.2 Å². The van der Waals surface area contributed by atoms with E-state index < -0.39 is 9.84 Å². The highest BCUT2D eigenvalue weighted by atomic mass is 32.2. The van der Waals surface area contributed by atoms with Crippen LogP contribution in [-0.4, -0.2) is 69.8 Å². The van der Waals surface area contributed by atoms with Gasteiger partial charge in [-0.15, -0.1) is 0 Å². The summed E-state index contributed by atoms with van der Waals surface area (Å²) in [5, 5.41) is 12.7. The number of pyridine rings is 1. The van der Waals surface area contributed by atoms with Crippen molar-refractivity contribution in [2.45, 2.75) is 18.2 Å². The Balaban J connectivity index is 1.91. The van der Waals surface area contributed by atoms with Crippen molar-refractivity contribution >= 4 is 32.1 Å². The molecule has 3 aromatic rings. The van der Waals surface area contributed by atoms with E-state index in [-0.39, 0.29) is 10.8 Å². The van der Waals surface area contributed by atoms with Crippen LogP contribution < -0.4 is 15.0 Å². The van der Waals surface area contributed by atoms with Crippen molar-refractivity contribution < 1.29 is 17.9 Å². The summed E-state index contributed by atoms with van der Waals surface area (Å²) >= 11 is 0. The highest BCUT2D eigenvalue weighted by Crippen LogP contribution is 2.39. The van der Waals surface area contributed by atoms with Crippen LogP contribution in [0.4, 0.5) is 11.4 Å². The zero-order valence-corrected chi connectivity index (χ0v) is 19.3. The molecule has 0 amide bonds. The number of nitrogens with zero attached hydrogens (tertiary/aromatic N) is 4. The molecule has 0 bridgehead atoms. The molecular weight excluding hydrogens is 430 g/mol. The predicted molar refractivity (Wildman–Crippen MR) is 124 cm³/mol. The molecule has 32 heavy (non-hydrogen) atoms. The van der Waals surface area contributed by atoms with Gasteiger partial charge in [0.2, 0.25) is 5.88 Å². The fraction of sp³-hybridized carbons (Fsp3) is 0.409. The molecule has 4 rings (SSSR count). The average Bonchev–Trinajstić information content (AvgIpc) is 2.81. The second-order valence-corrected chi connectivity index (χ2v) is 9.60. The zero-order chi connectivity index (χ0) is 22.7. The number of anilines is 2. The number of sulfone groups is 1. The molecule has 1 aromatic carbocycles. The lowest BCUT2D eigenvalue weighted by Crippen LogP contribution is -2.36. The van der Waals surface area contributed by atoms with Crippen molar-refractivity contribution in [2.75, 3.05) is 56.4 Å². The number of aromatic nitrogens is 3. The van der Waals surface area contributed by atoms with Crippen molar-refractivity contribution in [3.63, 3.8) is 0 Å². The summed E-state index contributed by atoms with van der Waals surface area (Å²) in [5.41, 5.74) is 3.76. The van der Waals surface area contributed by atoms with Gasteiger partial charge in [-0.05, 0) is 24.1 Å². The van der Waals surface area contributed by atoms with E-state index in [1.54, 1.807) is 12.4 Å². The molecule has 1 saturated heterocycles. The highest BCUT2D eigenvalue weighted by Gasteiger charge is 2.25. The number of rotatable bonds is 7. The first kappa shape index (κ1) is 22.2. The molecule has 3 heterocycles. The van der Waals surface area contributed by atoms with E-state index in [0.717, 1.165) is 41.7 Å². The van der Waals surface area contributed by atoms with Gasteiger partial charge < -0.3 is 19.7 Å². The van der Waals surface area contributed by atoms with E-state index in [9.17, 15) is 8.42 Å². The second kappa shape index (κ2) is 9.25. The third-order valence-electron chi connectivity index (χ3n) is 5.40. The molecule has 0 saturated carbocycles. The molecule has 0 spiro atoms. The Labute approximate surface area is 187 Å². The smallest absolute Gasteiger partial charge is 0.234 e. The Morgan fingerprint density at radius 2 is 2.00 bits per heavy atom. The topological polar surface area (TPSA) is 107 Å². The van der Waals surface area contributed by atoms with E-state index in [2.05, 4.69) is 25.4 Å². The summed E-state index contributed by atoms with van der Waals surface area (Å²) in [7, 11) is -2.18. The van der Waals surface area contributed by atoms with Crippen LogP contribution in [0.3, 0.4) is 0 Å². The Morgan fingerprint density at radius 1 is 1.22 bits per heavy atom. The van der Waals surface area contributed by atoms with Crippen LogP contribution in [0.5, 0.6) is 5.88 Å². The minimum atomic E-state index is -3.60. The maximum Gasteiger partial charge on any atom is 0.234 e. The highest BCUT2D eigenvalue weighted by molar-refractivity contribution is 7.91. The molecule has 9 nitrogen and oxygen atoms in total. The van der Waals surface area contributed by atoms with Gasteiger partial charge in [-0.3, -0.25) is 0 Å². The summed E-state index contributed by atoms with van der Waals surface area (Å²) in [5.74, 6) is 0.0792. The maximum absolute atomic E-state index is 12.7. The lowest BCUT2D eigenvalue weighted by atomic mass is 10.0. The standard InChI is InChI=1S/C22H27N5O4S/c1-4-7-23-20-17(13-24-22(30-2)21(20)32(3,28)29)15-5-6-18-16(12-15)19(14-25-26-18)27-8-10-31-11-9-27/h5-6,12-14H,4,7-11H2,1-3H3,(H,23,24). The Hall–Kier alpha value is -2.98. The van der Waals surface area contributed by atoms with Crippen LogP contribution >= 0.6 is 0 Å². The number of nitrogens with one attached hydrogen (secondary N) is 1. The first-order chi connectivity index (χ1) is 15.4. The van der Waals surface area contributed by atoms with Gasteiger partial charge in [-0.2, -0.15) is 10.2 Å². The van der Waals surface area contributed by atoms with Crippen LogP contribution in [0.2, 0.25) is 0 Å². The first-order valence-corrected chi connectivity index (χ1v) is 12.4. The molecule has 0 unspecified atom stereocenters. The molecular formula is C22H27N5O4S. The van der Waals surface area contributed by atoms with Gasteiger partial charge in [0, 0.05) is 43.0 Å². The van der Waals surface area contributed by atoms with Gasteiger partial charge in [0.05, 0.1) is 43.4 Å². The molecule has 1 aliphatic heterocycles. The van der Waals surface area contributed by atoms with Crippen LogP contribution in [0.25, 0.3) is 22.0 Å². The van der Waals surface area contributed by atoms with Gasteiger partial charge in [0.25, 0.3) is 0 Å². The molecule has 10 heteroatoms. The first-order valence-electron chi connectivity index (χ1n) is 10.5. The number of fused-ring (bicyclic) bond motifs is 1. The predicted octanol–water partition coefficient (Wildman–Crippen LogP) is 2.76. The summed E-state index contributed by atoms with van der Waals surface area (Å²) in [6.07, 6.45) is 5.42. The van der Waals surface area contributed by atoms with Gasteiger partial charge in [0.15, 0.2) is 14.7 Å². The SMILES string of the molecule is CCCNc1c(-c2ccc3nncc(N4CCOCC4)c3c2)cnc(OC)c1S(C)(=O)=O. The van der Waals surface area contributed by atoms with E-state index in [1.807, 2.05) is 25.1 Å². The molecule has 0 aliphatic carbocycles. The van der Waals surface area contributed by atoms with Crippen molar-refractivity contribution in [2.24, 2.45) is 0 Å². The van der Waals surface area contributed by atoms with Crippen LogP contribution in [0.15, 0.2) is 35.5 Å². The maximum atomic E-state index is 12.7. The van der Waals surface area contributed by atoms with Gasteiger partial charge in [0.1, 0.15) is 0 Å². The van der Waals surface area contributed by atoms with Crippen molar-refractivity contribution in [3.8, 4) is 17.0 Å². The van der Waals surface area contributed by atoms with Crippen molar-refractivity contribution in [1.29, 1.82) is 0 Å². The van der Waals surface area contributed by atoms with E-state index in [4.69, 9.17) is 9.47 Å². The monoisotopic (exact) mass is 457 g/mol. The quantitative estimate of drug-likeness (QED) is 0.573. The summed E-state index contributed by atoms with van der Waals surface area (Å²) < 4.78 is 36.1. The minimum Gasteiger partial charge on any atom is -0.480 e. The molecule has 1 fully saturated rings. The number of morpholine rings is 1. The number of methoxy groups -OCH3 is 1. The van der Waals surface area contributed by atoms with Gasteiger partial charge >= 0.3 is 0 Å². The molecule has 0 atom stereocenters. The third-order valence-corrected chi connectivity index (χ3v) is 6.52. The number of benzene rings is 1. The third kappa shape index (κ3) is 4.33. The summed E-state index contributed by atoms with van der Waals surface area (Å²) in [6.45, 7) is 5.51. The molecule has 0 radical (unpaired) electrons. The average molecular weight is 458 g/mol. The van der Waals surface area contributed by atoms with Gasteiger partial charge in [-0.25, -0.2) is 13.4 Å². The lowest BCUT2D eigenvalue weighted by Gasteiger charge is -2.29. The fourth-order valence-electron chi connectivity index (χ4n) is 3.88. The molecule has 170 valence electrons. The second-order valence-electron chi connectivity index (χ2n) is 7.65. The van der Waals surface area contributed by atoms with Gasteiger partial charge in [-0.1, -0.05) is 13.0 Å². The van der Waals surface area contributed by atoms with E-state index >= 15 is 0 Å². The Morgan fingerprint density at radius 3 is 2.69 bits per heavy atom. The Bertz CT molecular complexity index is 1230. The fourth-order valence-corrected chi connectivity index (χ4v) is 4.88. The normalized spacial score (nSPS) is 14.5. The largest absolute Gasteiger partial charge is 0.480 e. The summed E-state index contributed by atoms with van der Waals surface area (Å²) in [6, 6.07) is 5.82. The lowest BCUT2D eigenvalue weighted by molar-refractivity contribution is 0.123. The van der Waals surface area contributed by atoms with E-state index in [1.165, 1.54) is 13.4 Å². The zero-order valence-electron chi connectivity index (χ0n) is 18.5. The number of ether oxygens (including phenoxy) is 2. The molecule has 1 aliphatic rings. The summed E-state index contributed by atoms with van der Waals surface area (Å²) in [4.78, 5) is 6.60.